The predicted molar refractivity (Wildman–Crippen MR) is 145 cm³/mol. The highest BCUT2D eigenvalue weighted by molar-refractivity contribution is 7.92. The zero-order chi connectivity index (χ0) is 28.3. The molecule has 0 radical (unpaired) electrons. The molecule has 1 aliphatic heterocycles. The lowest BCUT2D eigenvalue weighted by molar-refractivity contribution is -0.160. The van der Waals surface area contributed by atoms with Gasteiger partial charge in [-0.1, -0.05) is 24.3 Å². The predicted octanol–water partition coefficient (Wildman–Crippen LogP) is 6.01. The molecule has 1 atom stereocenters. The molecule has 202 valence electrons. The van der Waals surface area contributed by atoms with Gasteiger partial charge in [-0.3, -0.25) is 4.31 Å². The van der Waals surface area contributed by atoms with Gasteiger partial charge in [-0.15, -0.1) is 0 Å². The fourth-order valence-electron chi connectivity index (χ4n) is 5.24. The van der Waals surface area contributed by atoms with Crippen LogP contribution in [-0.4, -0.2) is 36.5 Å². The quantitative estimate of drug-likeness (QED) is 0.410. The van der Waals surface area contributed by atoms with Gasteiger partial charge < -0.3 is 14.9 Å². The number of nitrogens with zero attached hydrogens (tertiary/aromatic N) is 1. The van der Waals surface area contributed by atoms with E-state index in [9.17, 15) is 23.4 Å². The summed E-state index contributed by atoms with van der Waals surface area (Å²) in [7, 11) is -3.85. The Bertz CT molecular complexity index is 1570. The molecule has 9 heteroatoms. The first-order chi connectivity index (χ1) is 17.5. The molecular weight excluding hydrogens is 509 g/mol. The van der Waals surface area contributed by atoms with E-state index in [0.29, 0.717) is 33.4 Å². The number of carbonyl (C=O) groups is 1. The number of aromatic hydroxyl groups is 1. The van der Waals surface area contributed by atoms with Crippen LogP contribution >= 0.6 is 0 Å². The van der Waals surface area contributed by atoms with Crippen molar-refractivity contribution in [2.75, 3.05) is 10.6 Å². The molecule has 0 unspecified atom stereocenters. The molecule has 0 saturated heterocycles. The van der Waals surface area contributed by atoms with E-state index in [2.05, 4.69) is 0 Å². The maximum absolute atomic E-state index is 15.4. The monoisotopic (exact) mass is 541 g/mol. The fraction of sp³-hybridized carbons (Fsp3) is 0.345. The summed E-state index contributed by atoms with van der Waals surface area (Å²) >= 11 is 0. The van der Waals surface area contributed by atoms with Crippen LogP contribution in [0.4, 0.5) is 10.1 Å². The summed E-state index contributed by atoms with van der Waals surface area (Å²) in [4.78, 5) is 12.7. The largest absolute Gasteiger partial charge is 0.507 e. The van der Waals surface area contributed by atoms with Gasteiger partial charge in [0.15, 0.2) is 6.10 Å². The lowest BCUT2D eigenvalue weighted by Gasteiger charge is -2.37. The number of aryl methyl sites for hydroxylation is 1. The second-order valence-corrected chi connectivity index (χ2v) is 12.7. The molecule has 2 N–H and O–H groups in total. The van der Waals surface area contributed by atoms with Crippen molar-refractivity contribution in [1.82, 2.24) is 0 Å². The van der Waals surface area contributed by atoms with Crippen molar-refractivity contribution in [3.63, 3.8) is 0 Å². The zero-order valence-corrected chi connectivity index (χ0v) is 23.3. The van der Waals surface area contributed by atoms with Crippen LogP contribution in [0, 0.1) is 26.6 Å². The molecule has 4 rings (SSSR count). The topological polar surface area (TPSA) is 104 Å². The van der Waals surface area contributed by atoms with Crippen LogP contribution in [0.5, 0.6) is 5.75 Å². The molecule has 3 aromatic rings. The molecule has 0 amide bonds. The number of sulfonamides is 1. The minimum atomic E-state index is -3.85. The van der Waals surface area contributed by atoms with Crippen molar-refractivity contribution in [2.45, 2.75) is 59.8 Å². The minimum Gasteiger partial charge on any atom is -0.507 e. The van der Waals surface area contributed by atoms with E-state index in [1.807, 2.05) is 6.92 Å². The molecule has 0 fully saturated rings. The normalized spacial score (nSPS) is 14.2. The number of benzene rings is 3. The highest BCUT2D eigenvalue weighted by Crippen LogP contribution is 2.53. The molecule has 38 heavy (non-hydrogen) atoms. The van der Waals surface area contributed by atoms with E-state index in [1.165, 1.54) is 16.4 Å². The summed E-state index contributed by atoms with van der Waals surface area (Å²) in [5.41, 5.74) is 2.86. The molecule has 1 aliphatic rings. The SMILES string of the molecule is Cc1ccc(-c2c(C)c3c(c(C)c2[C@H](OC(C)(C)C)C(=O)O)N(S(C)(=O)=O)Cc2cccc(F)c2-3)c(O)c1. The Morgan fingerprint density at radius 3 is 2.26 bits per heavy atom. The second-order valence-electron chi connectivity index (χ2n) is 10.8. The highest BCUT2D eigenvalue weighted by Gasteiger charge is 2.39. The average molecular weight is 542 g/mol. The molecule has 0 bridgehead atoms. The zero-order valence-electron chi connectivity index (χ0n) is 22.5. The molecule has 0 spiro atoms. The Morgan fingerprint density at radius 2 is 1.71 bits per heavy atom. The van der Waals surface area contributed by atoms with Crippen molar-refractivity contribution < 1.29 is 32.6 Å². The molecule has 7 nitrogen and oxygen atoms in total. The Balaban J connectivity index is 2.26. The van der Waals surface area contributed by atoms with Gasteiger partial charge in [-0.25, -0.2) is 17.6 Å². The number of phenolic OH excluding ortho intramolecular Hbond substituents is 1. The number of rotatable bonds is 5. The standard InChI is InChI=1S/C29H32FNO6S/c1-15-11-12-19(21(32)13-15)22-16(2)23-25-18(9-8-10-20(25)30)14-31(38(7,35)36)26(23)17(3)24(22)27(28(33)34)37-29(4,5)6/h8-13,27,32H,14H2,1-7H3,(H,33,34)/t27-/m0/s1. The molecule has 1 heterocycles. The fourth-order valence-corrected chi connectivity index (χ4v) is 6.17. The van der Waals surface area contributed by atoms with Crippen LogP contribution in [0.25, 0.3) is 22.3 Å². The Kier molecular flexibility index (Phi) is 6.82. The maximum atomic E-state index is 15.4. The van der Waals surface area contributed by atoms with Crippen molar-refractivity contribution in [3.05, 3.63) is 70.0 Å². The summed E-state index contributed by atoms with van der Waals surface area (Å²) in [5.74, 6) is -1.88. The first-order valence-corrected chi connectivity index (χ1v) is 14.0. The van der Waals surface area contributed by atoms with Gasteiger partial charge in [-0.2, -0.15) is 0 Å². The summed E-state index contributed by atoms with van der Waals surface area (Å²) < 4.78 is 48.7. The van der Waals surface area contributed by atoms with Crippen molar-refractivity contribution >= 4 is 21.7 Å². The molecule has 3 aromatic carbocycles. The third-order valence-electron chi connectivity index (χ3n) is 6.71. The third kappa shape index (κ3) is 4.76. The summed E-state index contributed by atoms with van der Waals surface area (Å²) in [6.07, 6.45) is -0.437. The van der Waals surface area contributed by atoms with E-state index in [0.717, 1.165) is 11.8 Å². The van der Waals surface area contributed by atoms with E-state index < -0.39 is 33.5 Å². The summed E-state index contributed by atoms with van der Waals surface area (Å²) in [6.45, 7) is 10.2. The van der Waals surface area contributed by atoms with Crippen molar-refractivity contribution in [2.24, 2.45) is 0 Å². The number of phenols is 1. The number of aliphatic carboxylic acids is 1. The number of ether oxygens (including phenoxy) is 1. The van der Waals surface area contributed by atoms with E-state index >= 15 is 4.39 Å². The minimum absolute atomic E-state index is 0.0851. The Hall–Kier alpha value is -3.43. The molecular formula is C29H32FNO6S. The number of carboxylic acid groups (broad SMARTS) is 1. The molecule has 0 aliphatic carbocycles. The van der Waals surface area contributed by atoms with Crippen LogP contribution in [0.15, 0.2) is 36.4 Å². The van der Waals surface area contributed by atoms with Gasteiger partial charge in [0.1, 0.15) is 11.6 Å². The van der Waals surface area contributed by atoms with Crippen LogP contribution in [0.1, 0.15) is 54.7 Å². The van der Waals surface area contributed by atoms with Gasteiger partial charge in [0.2, 0.25) is 10.0 Å². The average Bonchev–Trinajstić information content (AvgIpc) is 2.78. The van der Waals surface area contributed by atoms with Crippen molar-refractivity contribution in [3.8, 4) is 28.0 Å². The van der Waals surface area contributed by atoms with Gasteiger partial charge in [-0.05, 0) is 81.5 Å². The highest BCUT2D eigenvalue weighted by atomic mass is 32.2. The number of halogens is 1. The number of hydrogen-bond acceptors (Lipinski definition) is 5. The first-order valence-electron chi connectivity index (χ1n) is 12.2. The molecule has 0 aromatic heterocycles. The Labute approximate surface area is 222 Å². The lowest BCUT2D eigenvalue weighted by atomic mass is 9.79. The maximum Gasteiger partial charge on any atom is 0.337 e. The Morgan fingerprint density at radius 1 is 1.05 bits per heavy atom. The number of carboxylic acids is 1. The van der Waals surface area contributed by atoms with Gasteiger partial charge in [0, 0.05) is 22.3 Å². The van der Waals surface area contributed by atoms with Gasteiger partial charge in [0.25, 0.3) is 0 Å². The smallest absolute Gasteiger partial charge is 0.337 e. The number of hydrogen-bond donors (Lipinski definition) is 2. The van der Waals surface area contributed by atoms with Crippen LogP contribution in [0.3, 0.4) is 0 Å². The van der Waals surface area contributed by atoms with Crippen LogP contribution < -0.4 is 4.31 Å². The van der Waals surface area contributed by atoms with E-state index in [-0.39, 0.29) is 29.1 Å². The van der Waals surface area contributed by atoms with Gasteiger partial charge in [0.05, 0.1) is 24.1 Å². The first kappa shape index (κ1) is 27.6. The van der Waals surface area contributed by atoms with Gasteiger partial charge >= 0.3 is 5.97 Å². The lowest BCUT2D eigenvalue weighted by Crippen LogP contribution is -2.35. The third-order valence-corrected chi connectivity index (χ3v) is 7.82. The summed E-state index contributed by atoms with van der Waals surface area (Å²) in [6, 6.07) is 9.54. The second kappa shape index (κ2) is 9.39. The van der Waals surface area contributed by atoms with Crippen LogP contribution in [-0.2, 0) is 26.1 Å². The van der Waals surface area contributed by atoms with Crippen LogP contribution in [0.2, 0.25) is 0 Å². The van der Waals surface area contributed by atoms with E-state index in [4.69, 9.17) is 4.74 Å². The number of anilines is 1. The van der Waals surface area contributed by atoms with E-state index in [1.54, 1.807) is 58.9 Å². The summed E-state index contributed by atoms with van der Waals surface area (Å²) in [5, 5.41) is 21.3. The number of fused-ring (bicyclic) bond motifs is 3. The molecule has 0 saturated carbocycles. The van der Waals surface area contributed by atoms with Crippen molar-refractivity contribution in [1.29, 1.82) is 0 Å².